The molecule has 8 heteroatoms. The summed E-state index contributed by atoms with van der Waals surface area (Å²) >= 11 is 0. The summed E-state index contributed by atoms with van der Waals surface area (Å²) in [5.74, 6) is -1.02. The van der Waals surface area contributed by atoms with Gasteiger partial charge in [0.15, 0.2) is 6.04 Å². The fourth-order valence-corrected chi connectivity index (χ4v) is 4.96. The maximum atomic E-state index is 13.3. The van der Waals surface area contributed by atoms with Gasteiger partial charge in [-0.2, -0.15) is 0 Å². The number of para-hydroxylation sites is 1. The Morgan fingerprint density at radius 1 is 0.829 bits per heavy atom. The average molecular weight is 559 g/mol. The first-order valence-electron chi connectivity index (χ1n) is 14.3. The molecule has 0 aromatic heterocycles. The second kappa shape index (κ2) is 14.9. The lowest BCUT2D eigenvalue weighted by Crippen LogP contribution is -2.38. The van der Waals surface area contributed by atoms with E-state index in [1.165, 1.54) is 6.42 Å². The van der Waals surface area contributed by atoms with Crippen molar-refractivity contribution in [3.8, 4) is 5.75 Å². The van der Waals surface area contributed by atoms with Gasteiger partial charge in [0.05, 0.1) is 19.6 Å². The summed E-state index contributed by atoms with van der Waals surface area (Å²) in [6.45, 7) is 6.06. The van der Waals surface area contributed by atoms with Crippen LogP contribution in [0.1, 0.15) is 66.2 Å². The number of amides is 1. The Hall–Kier alpha value is -4.33. The van der Waals surface area contributed by atoms with Gasteiger partial charge in [0.2, 0.25) is 5.91 Å². The largest absolute Gasteiger partial charge is 0.493 e. The van der Waals surface area contributed by atoms with Crippen LogP contribution in [0.5, 0.6) is 5.75 Å². The number of carbonyl (C=O) groups excluding carboxylic acids is 3. The third kappa shape index (κ3) is 8.10. The van der Waals surface area contributed by atoms with E-state index in [1.807, 2.05) is 61.5 Å². The molecule has 0 bridgehead atoms. The van der Waals surface area contributed by atoms with E-state index >= 15 is 0 Å². The first-order chi connectivity index (χ1) is 20.0. The molecule has 1 aliphatic rings. The zero-order valence-electron chi connectivity index (χ0n) is 23.8. The molecular weight excluding hydrogens is 520 g/mol. The molecule has 4 rings (SSSR count). The van der Waals surface area contributed by atoms with Crippen LogP contribution in [0.2, 0.25) is 0 Å². The Labute approximate surface area is 241 Å². The van der Waals surface area contributed by atoms with Gasteiger partial charge in [-0.15, -0.1) is 0 Å². The van der Waals surface area contributed by atoms with Gasteiger partial charge < -0.3 is 24.4 Å². The van der Waals surface area contributed by atoms with Gasteiger partial charge in [0.25, 0.3) is 0 Å². The lowest BCUT2D eigenvalue weighted by atomic mass is 10.0. The van der Waals surface area contributed by atoms with Crippen LogP contribution in [0.4, 0.5) is 5.69 Å². The van der Waals surface area contributed by atoms with Gasteiger partial charge in [0, 0.05) is 24.3 Å². The van der Waals surface area contributed by atoms with E-state index in [-0.39, 0.29) is 31.1 Å². The molecule has 1 amide bonds. The molecule has 0 spiro atoms. The van der Waals surface area contributed by atoms with Crippen LogP contribution >= 0.6 is 0 Å². The molecule has 1 unspecified atom stereocenters. The summed E-state index contributed by atoms with van der Waals surface area (Å²) in [6, 6.07) is 21.1. The number of nitrogens with zero attached hydrogens (tertiary/aromatic N) is 1. The fourth-order valence-electron chi connectivity index (χ4n) is 4.96. The molecule has 1 N–H and O–H groups in total. The number of benzene rings is 3. The minimum Gasteiger partial charge on any atom is -0.493 e. The van der Waals surface area contributed by atoms with Gasteiger partial charge in [-0.3, -0.25) is 4.79 Å². The first kappa shape index (κ1) is 29.6. The number of nitrogens with one attached hydrogen (secondary N) is 1. The number of rotatable bonds is 12. The Morgan fingerprint density at radius 3 is 2.29 bits per heavy atom. The van der Waals surface area contributed by atoms with Crippen molar-refractivity contribution >= 4 is 23.5 Å². The van der Waals surface area contributed by atoms with Crippen LogP contribution in [0, 0.1) is 0 Å². The maximum absolute atomic E-state index is 13.3. The van der Waals surface area contributed by atoms with E-state index in [4.69, 9.17) is 14.2 Å². The highest BCUT2D eigenvalue weighted by molar-refractivity contribution is 5.93. The van der Waals surface area contributed by atoms with Gasteiger partial charge in [0.1, 0.15) is 17.9 Å². The maximum Gasteiger partial charge on any atom is 0.342 e. The Bertz CT molecular complexity index is 1320. The van der Waals surface area contributed by atoms with Gasteiger partial charge in [-0.25, -0.2) is 9.59 Å². The van der Waals surface area contributed by atoms with Crippen LogP contribution in [0.15, 0.2) is 72.8 Å². The summed E-state index contributed by atoms with van der Waals surface area (Å²) in [7, 11) is 0. The van der Waals surface area contributed by atoms with Crippen molar-refractivity contribution in [3.63, 3.8) is 0 Å². The zero-order valence-corrected chi connectivity index (χ0v) is 23.8. The summed E-state index contributed by atoms with van der Waals surface area (Å²) in [5, 5.41) is 2.90. The second-order valence-electron chi connectivity index (χ2n) is 9.86. The van der Waals surface area contributed by atoms with Crippen LogP contribution in [-0.4, -0.2) is 44.1 Å². The Balaban J connectivity index is 1.49. The van der Waals surface area contributed by atoms with E-state index < -0.39 is 18.0 Å². The normalized spacial score (nSPS) is 13.7. The molecule has 1 heterocycles. The number of hydrogen-bond donors (Lipinski definition) is 1. The van der Waals surface area contributed by atoms with Crippen molar-refractivity contribution in [1.82, 2.24) is 5.32 Å². The molecule has 1 fully saturated rings. The van der Waals surface area contributed by atoms with Gasteiger partial charge in [-0.1, -0.05) is 54.6 Å². The van der Waals surface area contributed by atoms with Gasteiger partial charge >= 0.3 is 11.9 Å². The van der Waals surface area contributed by atoms with Crippen molar-refractivity contribution < 1.29 is 28.6 Å². The molecule has 0 saturated carbocycles. The number of hydrogen-bond acceptors (Lipinski definition) is 7. The molecule has 0 radical (unpaired) electrons. The third-order valence-corrected chi connectivity index (χ3v) is 6.92. The summed E-state index contributed by atoms with van der Waals surface area (Å²) < 4.78 is 16.6. The monoisotopic (exact) mass is 558 g/mol. The zero-order chi connectivity index (χ0) is 29.0. The smallest absolute Gasteiger partial charge is 0.342 e. The van der Waals surface area contributed by atoms with Crippen LogP contribution in [-0.2, 0) is 32.1 Å². The molecule has 3 aromatic carbocycles. The average Bonchev–Trinajstić information content (AvgIpc) is 3.00. The number of carbonyl (C=O) groups is 3. The van der Waals surface area contributed by atoms with Crippen molar-refractivity contribution in [2.75, 3.05) is 31.2 Å². The molecule has 1 atom stereocenters. The number of piperidine rings is 1. The second-order valence-corrected chi connectivity index (χ2v) is 9.86. The molecule has 3 aromatic rings. The van der Waals surface area contributed by atoms with E-state index in [0.717, 1.165) is 37.2 Å². The van der Waals surface area contributed by atoms with Crippen molar-refractivity contribution in [3.05, 3.63) is 95.1 Å². The predicted molar refractivity (Wildman–Crippen MR) is 157 cm³/mol. The van der Waals surface area contributed by atoms with Crippen LogP contribution in [0.25, 0.3) is 0 Å². The minimum absolute atomic E-state index is 0.0127. The van der Waals surface area contributed by atoms with Crippen molar-refractivity contribution in [2.45, 2.75) is 52.2 Å². The third-order valence-electron chi connectivity index (χ3n) is 6.92. The highest BCUT2D eigenvalue weighted by Gasteiger charge is 2.28. The van der Waals surface area contributed by atoms with E-state index in [0.29, 0.717) is 23.5 Å². The molecule has 8 nitrogen and oxygen atoms in total. The highest BCUT2D eigenvalue weighted by Crippen LogP contribution is 2.30. The van der Waals surface area contributed by atoms with Gasteiger partial charge in [-0.05, 0) is 62.4 Å². The number of ether oxygens (including phenoxy) is 3. The predicted octanol–water partition coefficient (Wildman–Crippen LogP) is 5.40. The van der Waals surface area contributed by atoms with Crippen LogP contribution < -0.4 is 15.0 Å². The van der Waals surface area contributed by atoms with E-state index in [9.17, 15) is 14.4 Å². The first-order valence-corrected chi connectivity index (χ1v) is 14.3. The van der Waals surface area contributed by atoms with Crippen molar-refractivity contribution in [1.29, 1.82) is 0 Å². The molecule has 216 valence electrons. The van der Waals surface area contributed by atoms with Crippen LogP contribution in [0.3, 0.4) is 0 Å². The molecular formula is C33H38N2O6. The minimum atomic E-state index is -0.945. The Kier molecular flexibility index (Phi) is 10.8. The molecule has 1 aliphatic heterocycles. The fraction of sp³-hybridized carbons (Fsp3) is 0.364. The molecule has 0 aliphatic carbocycles. The van der Waals surface area contributed by atoms with E-state index in [2.05, 4.69) is 10.2 Å². The Morgan fingerprint density at radius 2 is 1.56 bits per heavy atom. The molecule has 1 saturated heterocycles. The summed E-state index contributed by atoms with van der Waals surface area (Å²) in [5.41, 5.74) is 3.45. The molecule has 41 heavy (non-hydrogen) atoms. The van der Waals surface area contributed by atoms with Crippen molar-refractivity contribution in [2.24, 2.45) is 0 Å². The summed E-state index contributed by atoms with van der Waals surface area (Å²) in [4.78, 5) is 41.4. The standard InChI is InChI=1S/C33H38N2O6/c1-3-39-29-21-25(17-18-27(29)32(37)41-23-24-13-7-5-8-14-24)22-30(36)34-31(33(38)40-4-2)26-15-9-10-16-28(26)35-19-11-6-12-20-35/h5,7-10,13-18,21,31H,3-4,6,11-12,19-20,22-23H2,1-2H3,(H,34,36). The topological polar surface area (TPSA) is 94.2 Å². The highest BCUT2D eigenvalue weighted by atomic mass is 16.5. The van der Waals surface area contributed by atoms with E-state index in [1.54, 1.807) is 25.1 Å². The summed E-state index contributed by atoms with van der Waals surface area (Å²) in [6.07, 6.45) is 3.34. The lowest BCUT2D eigenvalue weighted by Gasteiger charge is -2.32. The lowest BCUT2D eigenvalue weighted by molar-refractivity contribution is -0.147. The number of anilines is 1. The quantitative estimate of drug-likeness (QED) is 0.298. The number of esters is 2. The SMILES string of the molecule is CCOC(=O)C(NC(=O)Cc1ccc(C(=O)OCc2ccccc2)c(OCC)c1)c1ccccc1N1CCCCC1.